The maximum atomic E-state index is 12.9. The van der Waals surface area contributed by atoms with Crippen molar-refractivity contribution in [2.45, 2.75) is 140 Å². The average molecular weight is 897 g/mol. The number of benzene rings is 4. The molecule has 6 aliphatic rings. The Balaban J connectivity index is 0.909. The smallest absolute Gasteiger partial charge is 0.331 e. The quantitative estimate of drug-likeness (QED) is 0.0870. The van der Waals surface area contributed by atoms with Crippen molar-refractivity contribution in [1.82, 2.24) is 0 Å². The van der Waals surface area contributed by atoms with Crippen molar-refractivity contribution < 1.29 is 43.1 Å². The van der Waals surface area contributed by atoms with Gasteiger partial charge in [0.2, 0.25) is 0 Å². The summed E-state index contributed by atoms with van der Waals surface area (Å²) >= 11 is 0. The zero-order valence-electron chi connectivity index (χ0n) is 38.7. The molecule has 1 N–H and O–H groups in total. The first-order valence-corrected chi connectivity index (χ1v) is 24.7. The van der Waals surface area contributed by atoms with Crippen LogP contribution in [0.1, 0.15) is 93.9 Å². The summed E-state index contributed by atoms with van der Waals surface area (Å²) in [6, 6.07) is 41.0. The number of esters is 1. The number of ether oxygens (including phenoxy) is 7. The Morgan fingerprint density at radius 1 is 0.621 bits per heavy atom. The highest BCUT2D eigenvalue weighted by Crippen LogP contribution is 2.70. The molecule has 13 atom stereocenters. The zero-order valence-corrected chi connectivity index (χ0v) is 38.7. The third kappa shape index (κ3) is 9.22. The molecule has 9 nitrogen and oxygen atoms in total. The van der Waals surface area contributed by atoms with E-state index >= 15 is 0 Å². The minimum atomic E-state index is -0.751. The molecule has 0 aromatic heterocycles. The van der Waals surface area contributed by atoms with Crippen molar-refractivity contribution in [1.29, 1.82) is 0 Å². The Kier molecular flexibility index (Phi) is 13.7. The second-order valence-electron chi connectivity index (χ2n) is 20.7. The first-order valence-electron chi connectivity index (χ1n) is 24.7. The Bertz CT molecular complexity index is 2240. The molecule has 350 valence electrons. The number of hydrogen-bond donors (Lipinski definition) is 1. The Morgan fingerprint density at radius 2 is 1.20 bits per heavy atom. The number of carbonyl (C=O) groups excluding carboxylic acids is 1. The van der Waals surface area contributed by atoms with Crippen LogP contribution in [0.25, 0.3) is 0 Å². The maximum absolute atomic E-state index is 12.9. The fourth-order valence-electron chi connectivity index (χ4n) is 13.5. The van der Waals surface area contributed by atoms with E-state index < -0.39 is 36.3 Å². The molecule has 0 unspecified atom stereocenters. The summed E-state index contributed by atoms with van der Waals surface area (Å²) in [4.78, 5) is 12.1. The van der Waals surface area contributed by atoms with Gasteiger partial charge in [-0.15, -0.1) is 0 Å². The molecule has 10 rings (SSSR count). The van der Waals surface area contributed by atoms with Crippen molar-refractivity contribution in [3.63, 3.8) is 0 Å². The van der Waals surface area contributed by atoms with E-state index in [4.69, 9.17) is 33.2 Å². The number of cyclic esters (lactones) is 1. The van der Waals surface area contributed by atoms with Crippen LogP contribution < -0.4 is 0 Å². The molecular formula is C57H68O9. The summed E-state index contributed by atoms with van der Waals surface area (Å²) in [5.41, 5.74) is 4.42. The lowest BCUT2D eigenvalue weighted by molar-refractivity contribution is -0.340. The number of aliphatic hydroxyl groups is 1. The van der Waals surface area contributed by atoms with Crippen molar-refractivity contribution in [2.24, 2.45) is 34.5 Å². The zero-order chi connectivity index (χ0) is 45.1. The van der Waals surface area contributed by atoms with Crippen LogP contribution in [0.5, 0.6) is 0 Å². The number of hydrogen-bond acceptors (Lipinski definition) is 9. The van der Waals surface area contributed by atoms with Gasteiger partial charge in [-0.1, -0.05) is 135 Å². The van der Waals surface area contributed by atoms with E-state index in [1.807, 2.05) is 72.8 Å². The third-order valence-electron chi connectivity index (χ3n) is 17.1. The summed E-state index contributed by atoms with van der Waals surface area (Å²) in [7, 11) is 0. The molecule has 0 spiro atoms. The van der Waals surface area contributed by atoms with Crippen LogP contribution in [0.15, 0.2) is 133 Å². The van der Waals surface area contributed by atoms with Crippen LogP contribution in [0.2, 0.25) is 0 Å². The van der Waals surface area contributed by atoms with E-state index in [9.17, 15) is 9.90 Å². The van der Waals surface area contributed by atoms with E-state index in [-0.39, 0.29) is 41.3 Å². The van der Waals surface area contributed by atoms with Gasteiger partial charge >= 0.3 is 5.97 Å². The second-order valence-corrected chi connectivity index (χ2v) is 20.7. The lowest BCUT2D eigenvalue weighted by Gasteiger charge is -2.64. The van der Waals surface area contributed by atoms with Crippen LogP contribution in [-0.4, -0.2) is 66.7 Å². The van der Waals surface area contributed by atoms with Gasteiger partial charge in [-0.3, -0.25) is 0 Å². The molecule has 0 amide bonds. The van der Waals surface area contributed by atoms with E-state index in [1.54, 1.807) is 6.08 Å². The normalized spacial score (nSPS) is 36.2. The molecule has 66 heavy (non-hydrogen) atoms. The first-order chi connectivity index (χ1) is 32.2. The predicted octanol–water partition coefficient (Wildman–Crippen LogP) is 10.3. The number of carbonyl (C=O) groups is 1. The Morgan fingerprint density at radius 3 is 1.79 bits per heavy atom. The fourth-order valence-corrected chi connectivity index (χ4v) is 13.5. The lowest BCUT2D eigenvalue weighted by atomic mass is 9.43. The Hall–Kier alpha value is -4.19. The molecule has 9 heteroatoms. The molecule has 2 aliphatic heterocycles. The first kappa shape index (κ1) is 45.6. The summed E-state index contributed by atoms with van der Waals surface area (Å²) in [6.45, 7) is 7.01. The van der Waals surface area contributed by atoms with E-state index in [1.165, 1.54) is 0 Å². The summed E-state index contributed by atoms with van der Waals surface area (Å²) in [5, 5.41) is 12.9. The summed E-state index contributed by atoms with van der Waals surface area (Å²) in [5.74, 6) is 1.07. The minimum absolute atomic E-state index is 0.0467. The van der Waals surface area contributed by atoms with Gasteiger partial charge in [0.15, 0.2) is 6.29 Å². The van der Waals surface area contributed by atoms with Crippen LogP contribution in [0.4, 0.5) is 0 Å². The number of rotatable bonds is 16. The average Bonchev–Trinajstić information content (AvgIpc) is 3.90. The van der Waals surface area contributed by atoms with Crippen molar-refractivity contribution in [2.75, 3.05) is 13.2 Å². The Labute approximate surface area is 391 Å². The van der Waals surface area contributed by atoms with Crippen molar-refractivity contribution in [3.05, 3.63) is 155 Å². The van der Waals surface area contributed by atoms with Gasteiger partial charge in [-0.05, 0) is 115 Å². The second kappa shape index (κ2) is 19.8. The van der Waals surface area contributed by atoms with Gasteiger partial charge in [0.1, 0.15) is 31.0 Å². The molecule has 1 saturated heterocycles. The van der Waals surface area contributed by atoms with Gasteiger partial charge in [0.05, 0.1) is 44.7 Å². The van der Waals surface area contributed by atoms with Crippen molar-refractivity contribution >= 4 is 5.97 Å². The van der Waals surface area contributed by atoms with E-state index in [0.29, 0.717) is 44.9 Å². The SMILES string of the molecule is C[C@]12CC[C@H](O[C@H]3O[C@@H](COCc4ccccc4)[C@H](OCc4ccccc4)[C@@H](OCc4ccccc4)[C@@H]3OCc3ccccc3)C[C@H]1CC[C@@H]1[C@@H]2CC[C@]2(C)[C@@H](C3=CC(=O)OC3)CC[C@]12O. The summed E-state index contributed by atoms with van der Waals surface area (Å²) in [6.07, 6.45) is 7.36. The highest BCUT2D eigenvalue weighted by atomic mass is 16.7. The highest BCUT2D eigenvalue weighted by molar-refractivity contribution is 5.85. The lowest BCUT2D eigenvalue weighted by Crippen LogP contribution is -2.63. The van der Waals surface area contributed by atoms with Crippen LogP contribution >= 0.6 is 0 Å². The number of fused-ring (bicyclic) bond motifs is 5. The molecule has 4 saturated carbocycles. The molecule has 0 radical (unpaired) electrons. The fraction of sp³-hybridized carbons (Fsp3) is 0.526. The minimum Gasteiger partial charge on any atom is -0.458 e. The van der Waals surface area contributed by atoms with Gasteiger partial charge < -0.3 is 38.3 Å². The van der Waals surface area contributed by atoms with Crippen LogP contribution in [0, 0.1) is 34.5 Å². The predicted molar refractivity (Wildman–Crippen MR) is 250 cm³/mol. The highest BCUT2D eigenvalue weighted by Gasteiger charge is 2.68. The molecular weight excluding hydrogens is 829 g/mol. The monoisotopic (exact) mass is 896 g/mol. The van der Waals surface area contributed by atoms with Gasteiger partial charge in [0.25, 0.3) is 0 Å². The summed E-state index contributed by atoms with van der Waals surface area (Å²) < 4.78 is 47.2. The van der Waals surface area contributed by atoms with Gasteiger partial charge in [-0.25, -0.2) is 4.79 Å². The maximum Gasteiger partial charge on any atom is 0.331 e. The molecule has 5 fully saturated rings. The van der Waals surface area contributed by atoms with E-state index in [0.717, 1.165) is 85.6 Å². The largest absolute Gasteiger partial charge is 0.458 e. The van der Waals surface area contributed by atoms with Gasteiger partial charge in [-0.2, -0.15) is 0 Å². The van der Waals surface area contributed by atoms with Gasteiger partial charge in [0, 0.05) is 11.5 Å². The topological polar surface area (TPSA) is 102 Å². The van der Waals surface area contributed by atoms with Crippen molar-refractivity contribution in [3.8, 4) is 0 Å². The van der Waals surface area contributed by atoms with E-state index in [2.05, 4.69) is 62.4 Å². The third-order valence-corrected chi connectivity index (χ3v) is 17.1. The van der Waals surface area contributed by atoms with Crippen LogP contribution in [0.3, 0.4) is 0 Å². The molecule has 4 aromatic carbocycles. The van der Waals surface area contributed by atoms with Crippen LogP contribution in [-0.2, 0) is 64.4 Å². The molecule has 4 aliphatic carbocycles. The molecule has 2 heterocycles. The standard InChI is InChI=1S/C57H68O9/c1-55-28-25-45(32-44(55)23-24-48-47(55)26-29-56(2)46(27-30-57(48,56)59)43-31-50(58)61-37-43)65-54-53(64-36-42-21-13-6-14-22-42)52(63-35-41-19-11-5-12-20-41)51(62-34-40-17-9-4-10-18-40)49(66-54)38-60-33-39-15-7-3-8-16-39/h3-22,31,44-49,51-54,59H,23-30,32-38H2,1-2H3/t44-,45+,46-,47+,48-,49+,51+,52-,53+,54+,55+,56-,57+/m1/s1. The molecule has 0 bridgehead atoms. The molecule has 4 aromatic rings.